The molecule has 0 aliphatic heterocycles. The summed E-state index contributed by atoms with van der Waals surface area (Å²) in [5.74, 6) is 0. The summed E-state index contributed by atoms with van der Waals surface area (Å²) in [5.41, 5.74) is 2.28. The molecule has 0 radical (unpaired) electrons. The van der Waals surface area contributed by atoms with Crippen LogP contribution in [-0.2, 0) is 0 Å². The fourth-order valence-electron chi connectivity index (χ4n) is 2.06. The number of hydrogen-bond acceptors (Lipinski definition) is 5. The second-order valence-electron chi connectivity index (χ2n) is 4.28. The maximum atomic E-state index is 11.4. The molecule has 0 aliphatic carbocycles. The first-order chi connectivity index (χ1) is 9.56. The quantitative estimate of drug-likeness (QED) is 0.536. The van der Waals surface area contributed by atoms with Crippen LogP contribution in [0.3, 0.4) is 0 Å². The number of fused-ring (bicyclic) bond motifs is 1. The Morgan fingerprint density at radius 1 is 1.30 bits per heavy atom. The molecule has 0 unspecified atom stereocenters. The minimum atomic E-state index is -0.431. The van der Waals surface area contributed by atoms with E-state index in [0.717, 1.165) is 17.0 Å². The number of nitrogens with zero attached hydrogens (tertiary/aromatic N) is 3. The maximum absolute atomic E-state index is 11.4. The van der Waals surface area contributed by atoms with E-state index in [1.807, 2.05) is 16.7 Å². The van der Waals surface area contributed by atoms with Gasteiger partial charge in [-0.25, -0.2) is 0 Å². The molecule has 0 fully saturated rings. The Kier molecular flexibility index (Phi) is 2.83. The Bertz CT molecular complexity index is 865. The molecule has 0 aliphatic rings. The number of benzene rings is 1. The van der Waals surface area contributed by atoms with Gasteiger partial charge in [0.05, 0.1) is 10.6 Å². The maximum Gasteiger partial charge on any atom is 0.274 e. The summed E-state index contributed by atoms with van der Waals surface area (Å²) in [4.78, 5) is 26.2. The van der Waals surface area contributed by atoms with Crippen LogP contribution in [0.1, 0.15) is 5.69 Å². The summed E-state index contributed by atoms with van der Waals surface area (Å²) in [6.45, 7) is 1.83. The van der Waals surface area contributed by atoms with Gasteiger partial charge in [-0.15, -0.1) is 11.3 Å². The molecular weight excluding hydrogens is 278 g/mol. The minimum Gasteiger partial charge on any atom is -0.289 e. The first kappa shape index (κ1) is 12.5. The second kappa shape index (κ2) is 4.53. The molecule has 0 bridgehead atoms. The van der Waals surface area contributed by atoms with Crippen LogP contribution >= 0.6 is 11.3 Å². The molecule has 0 atom stereocenters. The molecule has 3 aromatic rings. The number of nitro groups is 1. The van der Waals surface area contributed by atoms with Crippen molar-refractivity contribution in [1.82, 2.24) is 9.38 Å². The Morgan fingerprint density at radius 2 is 2.00 bits per heavy atom. The number of aromatic nitrogens is 2. The van der Waals surface area contributed by atoms with E-state index in [1.165, 1.54) is 29.5 Å². The van der Waals surface area contributed by atoms with Gasteiger partial charge in [0.2, 0.25) is 0 Å². The Labute approximate surface area is 117 Å². The van der Waals surface area contributed by atoms with Crippen molar-refractivity contribution in [1.29, 1.82) is 0 Å². The van der Waals surface area contributed by atoms with Gasteiger partial charge in [0.15, 0.2) is 4.96 Å². The zero-order valence-electron chi connectivity index (χ0n) is 10.4. The average molecular weight is 287 g/mol. The highest BCUT2D eigenvalue weighted by Gasteiger charge is 2.11. The van der Waals surface area contributed by atoms with Crippen LogP contribution in [0.4, 0.5) is 5.69 Å². The molecule has 0 saturated carbocycles. The monoisotopic (exact) mass is 287 g/mol. The van der Waals surface area contributed by atoms with Crippen molar-refractivity contribution in [2.24, 2.45) is 0 Å². The Morgan fingerprint density at radius 3 is 2.65 bits per heavy atom. The number of aryl methyl sites for hydroxylation is 1. The van der Waals surface area contributed by atoms with Crippen molar-refractivity contribution in [2.45, 2.75) is 6.92 Å². The van der Waals surface area contributed by atoms with Crippen LogP contribution in [0, 0.1) is 17.0 Å². The van der Waals surface area contributed by atoms with Gasteiger partial charge in [-0.3, -0.25) is 19.3 Å². The summed E-state index contributed by atoms with van der Waals surface area (Å²) in [5, 5.41) is 12.5. The molecule has 2 heterocycles. The number of rotatable bonds is 2. The van der Waals surface area contributed by atoms with Crippen molar-refractivity contribution in [3.8, 4) is 11.3 Å². The average Bonchev–Trinajstić information content (AvgIpc) is 2.82. The highest BCUT2D eigenvalue weighted by molar-refractivity contribution is 7.15. The Balaban J connectivity index is 2.19. The molecule has 0 spiro atoms. The van der Waals surface area contributed by atoms with E-state index in [-0.39, 0.29) is 11.2 Å². The second-order valence-corrected chi connectivity index (χ2v) is 5.12. The van der Waals surface area contributed by atoms with Gasteiger partial charge in [-0.05, 0) is 24.6 Å². The summed E-state index contributed by atoms with van der Waals surface area (Å²) >= 11 is 1.37. The first-order valence-corrected chi connectivity index (χ1v) is 6.67. The van der Waals surface area contributed by atoms with Crippen LogP contribution in [0.5, 0.6) is 0 Å². The lowest BCUT2D eigenvalue weighted by Gasteiger charge is -2.04. The van der Waals surface area contributed by atoms with E-state index in [1.54, 1.807) is 12.1 Å². The fraction of sp³-hybridized carbons (Fsp3) is 0.0769. The summed E-state index contributed by atoms with van der Waals surface area (Å²) in [6, 6.07) is 7.78. The lowest BCUT2D eigenvalue weighted by atomic mass is 10.1. The van der Waals surface area contributed by atoms with Crippen LogP contribution in [0.15, 0.2) is 40.5 Å². The van der Waals surface area contributed by atoms with Crippen molar-refractivity contribution < 1.29 is 4.92 Å². The SMILES string of the molecule is Cc1cc(=O)nc2scc(-c3ccc([N+](=O)[O-])cc3)n12. The zero-order chi connectivity index (χ0) is 14.3. The third kappa shape index (κ3) is 1.97. The summed E-state index contributed by atoms with van der Waals surface area (Å²) in [6.07, 6.45) is 0. The summed E-state index contributed by atoms with van der Waals surface area (Å²) in [7, 11) is 0. The predicted octanol–water partition coefficient (Wildman–Crippen LogP) is 2.64. The third-order valence-electron chi connectivity index (χ3n) is 2.97. The number of hydrogen-bond donors (Lipinski definition) is 0. The van der Waals surface area contributed by atoms with Gasteiger partial charge >= 0.3 is 0 Å². The van der Waals surface area contributed by atoms with Crippen molar-refractivity contribution in [3.05, 3.63) is 61.9 Å². The van der Waals surface area contributed by atoms with E-state index < -0.39 is 4.92 Å². The Hall–Kier alpha value is -2.54. The van der Waals surface area contributed by atoms with Gasteiger partial charge in [-0.2, -0.15) is 4.98 Å². The molecule has 20 heavy (non-hydrogen) atoms. The smallest absolute Gasteiger partial charge is 0.274 e. The standard InChI is InChI=1S/C13H9N3O3S/c1-8-6-12(17)14-13-15(8)11(7-20-13)9-2-4-10(5-3-9)16(18)19/h2-7H,1H3. The highest BCUT2D eigenvalue weighted by atomic mass is 32.1. The van der Waals surface area contributed by atoms with Crippen LogP contribution in [0.25, 0.3) is 16.2 Å². The molecule has 2 aromatic heterocycles. The largest absolute Gasteiger partial charge is 0.289 e. The normalized spacial score (nSPS) is 10.8. The molecule has 1 aromatic carbocycles. The lowest BCUT2D eigenvalue weighted by Crippen LogP contribution is -2.08. The van der Waals surface area contributed by atoms with E-state index >= 15 is 0 Å². The third-order valence-corrected chi connectivity index (χ3v) is 3.80. The molecule has 0 amide bonds. The van der Waals surface area contributed by atoms with Gasteiger partial charge in [-0.1, -0.05) is 0 Å². The highest BCUT2D eigenvalue weighted by Crippen LogP contribution is 2.27. The van der Waals surface area contributed by atoms with E-state index in [4.69, 9.17) is 0 Å². The molecule has 3 rings (SSSR count). The molecule has 0 N–H and O–H groups in total. The van der Waals surface area contributed by atoms with Crippen molar-refractivity contribution in [2.75, 3.05) is 0 Å². The lowest BCUT2D eigenvalue weighted by molar-refractivity contribution is -0.384. The van der Waals surface area contributed by atoms with Gasteiger partial charge < -0.3 is 0 Å². The number of thiazole rings is 1. The fourth-order valence-corrected chi connectivity index (χ4v) is 3.00. The predicted molar refractivity (Wildman–Crippen MR) is 76.2 cm³/mol. The summed E-state index contributed by atoms with van der Waals surface area (Å²) < 4.78 is 1.87. The molecule has 0 saturated heterocycles. The minimum absolute atomic E-state index is 0.0509. The first-order valence-electron chi connectivity index (χ1n) is 5.79. The van der Waals surface area contributed by atoms with Gasteiger partial charge in [0.1, 0.15) is 0 Å². The van der Waals surface area contributed by atoms with Gasteiger partial charge in [0, 0.05) is 29.3 Å². The van der Waals surface area contributed by atoms with Crippen molar-refractivity contribution in [3.63, 3.8) is 0 Å². The van der Waals surface area contributed by atoms with Crippen LogP contribution in [-0.4, -0.2) is 14.3 Å². The van der Waals surface area contributed by atoms with Gasteiger partial charge in [0.25, 0.3) is 11.2 Å². The van der Waals surface area contributed by atoms with Crippen LogP contribution in [0.2, 0.25) is 0 Å². The van der Waals surface area contributed by atoms with E-state index in [0.29, 0.717) is 4.96 Å². The van der Waals surface area contributed by atoms with Crippen molar-refractivity contribution >= 4 is 22.0 Å². The molecule has 100 valence electrons. The topological polar surface area (TPSA) is 77.5 Å². The number of nitro benzene ring substituents is 1. The van der Waals surface area contributed by atoms with E-state index in [2.05, 4.69) is 4.98 Å². The van der Waals surface area contributed by atoms with E-state index in [9.17, 15) is 14.9 Å². The zero-order valence-corrected chi connectivity index (χ0v) is 11.3. The number of non-ortho nitro benzene ring substituents is 1. The van der Waals surface area contributed by atoms with Crippen LogP contribution < -0.4 is 5.56 Å². The molecular formula is C13H9N3O3S. The molecule has 7 heteroatoms. The molecule has 6 nitrogen and oxygen atoms in total.